The molecule has 1 aromatic heterocycles. The van der Waals surface area contributed by atoms with E-state index in [2.05, 4.69) is 25.9 Å². The topological polar surface area (TPSA) is 69.2 Å². The van der Waals surface area contributed by atoms with E-state index in [1.54, 1.807) is 6.20 Å². The first-order valence-electron chi connectivity index (χ1n) is 4.38. The van der Waals surface area contributed by atoms with Gasteiger partial charge in [0.25, 0.3) is 0 Å². The van der Waals surface area contributed by atoms with Crippen LogP contribution in [0, 0.1) is 0 Å². The minimum Gasteiger partial charge on any atom is -0.465 e. The van der Waals surface area contributed by atoms with Crippen molar-refractivity contribution in [3.63, 3.8) is 0 Å². The molecule has 76 valence electrons. The summed E-state index contributed by atoms with van der Waals surface area (Å²) in [6, 6.07) is -0.112. The summed E-state index contributed by atoms with van der Waals surface area (Å²) < 4.78 is 0.782. The van der Waals surface area contributed by atoms with Crippen LogP contribution in [0.3, 0.4) is 0 Å². The third-order valence-electron chi connectivity index (χ3n) is 2.38. The van der Waals surface area contributed by atoms with Gasteiger partial charge in [0.1, 0.15) is 10.4 Å². The van der Waals surface area contributed by atoms with Gasteiger partial charge in [0.05, 0.1) is 12.2 Å². The molecule has 2 N–H and O–H groups in total. The van der Waals surface area contributed by atoms with E-state index in [0.29, 0.717) is 6.54 Å². The number of amides is 1. The first kappa shape index (κ1) is 9.51. The van der Waals surface area contributed by atoms with Crippen LogP contribution in [0.15, 0.2) is 10.8 Å². The number of imidazole rings is 1. The lowest BCUT2D eigenvalue weighted by molar-refractivity contribution is 0.139. The summed E-state index contributed by atoms with van der Waals surface area (Å²) in [6.45, 7) is 0.596. The number of aromatic nitrogens is 2. The Morgan fingerprint density at radius 2 is 2.57 bits per heavy atom. The van der Waals surface area contributed by atoms with Gasteiger partial charge in [-0.3, -0.25) is 4.90 Å². The number of nitrogens with zero attached hydrogens (tertiary/aromatic N) is 2. The SMILES string of the molecule is O=C(O)N1CCC[C@H]1c1ncc(Br)[nH]1. The molecule has 0 bridgehead atoms. The Balaban J connectivity index is 2.21. The molecule has 2 heterocycles. The van der Waals surface area contributed by atoms with Crippen LogP contribution in [-0.2, 0) is 0 Å². The lowest BCUT2D eigenvalue weighted by Crippen LogP contribution is -2.29. The molecule has 0 spiro atoms. The van der Waals surface area contributed by atoms with Crippen molar-refractivity contribution in [3.05, 3.63) is 16.6 Å². The normalized spacial score (nSPS) is 21.5. The van der Waals surface area contributed by atoms with Gasteiger partial charge in [-0.1, -0.05) is 0 Å². The van der Waals surface area contributed by atoms with Crippen LogP contribution in [-0.4, -0.2) is 32.6 Å². The average molecular weight is 260 g/mol. The predicted molar refractivity (Wildman–Crippen MR) is 53.0 cm³/mol. The third-order valence-corrected chi connectivity index (χ3v) is 2.78. The summed E-state index contributed by atoms with van der Waals surface area (Å²) in [7, 11) is 0. The van der Waals surface area contributed by atoms with E-state index >= 15 is 0 Å². The molecule has 0 radical (unpaired) electrons. The number of H-pyrrole nitrogens is 1. The number of rotatable bonds is 1. The number of aromatic amines is 1. The van der Waals surface area contributed by atoms with E-state index in [0.717, 1.165) is 23.3 Å². The number of halogens is 1. The molecule has 0 saturated carbocycles. The van der Waals surface area contributed by atoms with Crippen molar-refractivity contribution in [2.45, 2.75) is 18.9 Å². The summed E-state index contributed by atoms with van der Waals surface area (Å²) in [4.78, 5) is 19.4. The van der Waals surface area contributed by atoms with E-state index in [4.69, 9.17) is 5.11 Å². The minimum atomic E-state index is -0.875. The zero-order chi connectivity index (χ0) is 10.1. The molecular weight excluding hydrogens is 250 g/mol. The molecule has 1 saturated heterocycles. The smallest absolute Gasteiger partial charge is 0.407 e. The quantitative estimate of drug-likeness (QED) is 0.811. The predicted octanol–water partition coefficient (Wildman–Crippen LogP) is 1.99. The number of likely N-dealkylation sites (tertiary alicyclic amines) is 1. The van der Waals surface area contributed by atoms with Crippen molar-refractivity contribution >= 4 is 22.0 Å². The lowest BCUT2D eigenvalue weighted by Gasteiger charge is -2.19. The van der Waals surface area contributed by atoms with Gasteiger partial charge in [-0.05, 0) is 28.8 Å². The van der Waals surface area contributed by atoms with E-state index < -0.39 is 6.09 Å². The minimum absolute atomic E-state index is 0.112. The summed E-state index contributed by atoms with van der Waals surface area (Å²) >= 11 is 3.25. The maximum Gasteiger partial charge on any atom is 0.407 e. The molecule has 1 fully saturated rings. The monoisotopic (exact) mass is 259 g/mol. The fraction of sp³-hybridized carbons (Fsp3) is 0.500. The highest BCUT2D eigenvalue weighted by molar-refractivity contribution is 9.10. The van der Waals surface area contributed by atoms with E-state index in [9.17, 15) is 4.79 Å². The van der Waals surface area contributed by atoms with E-state index in [-0.39, 0.29) is 6.04 Å². The molecule has 6 heteroatoms. The molecule has 14 heavy (non-hydrogen) atoms. The highest BCUT2D eigenvalue weighted by atomic mass is 79.9. The Hall–Kier alpha value is -1.04. The Labute approximate surface area is 89.3 Å². The van der Waals surface area contributed by atoms with Crippen LogP contribution in [0.5, 0.6) is 0 Å². The molecule has 1 aromatic rings. The van der Waals surface area contributed by atoms with Crippen molar-refractivity contribution < 1.29 is 9.90 Å². The highest BCUT2D eigenvalue weighted by Crippen LogP contribution is 2.30. The molecule has 0 unspecified atom stereocenters. The fourth-order valence-electron chi connectivity index (χ4n) is 1.76. The maximum absolute atomic E-state index is 10.9. The molecule has 0 aliphatic carbocycles. The summed E-state index contributed by atoms with van der Waals surface area (Å²) in [6.07, 6.45) is 2.51. The fourth-order valence-corrected chi connectivity index (χ4v) is 2.07. The van der Waals surface area contributed by atoms with Gasteiger partial charge < -0.3 is 10.1 Å². The van der Waals surface area contributed by atoms with Gasteiger partial charge >= 0.3 is 6.09 Å². The molecule has 1 aliphatic rings. The number of carboxylic acid groups (broad SMARTS) is 1. The van der Waals surface area contributed by atoms with E-state index in [1.165, 1.54) is 4.90 Å². The van der Waals surface area contributed by atoms with Gasteiger partial charge in [0.15, 0.2) is 0 Å². The molecule has 1 amide bonds. The molecule has 1 aliphatic heterocycles. The van der Waals surface area contributed by atoms with Crippen molar-refractivity contribution in [1.82, 2.24) is 14.9 Å². The Morgan fingerprint density at radius 3 is 3.14 bits per heavy atom. The second kappa shape index (κ2) is 3.61. The molecule has 5 nitrogen and oxygen atoms in total. The zero-order valence-electron chi connectivity index (χ0n) is 7.40. The number of nitrogens with one attached hydrogen (secondary N) is 1. The first-order chi connectivity index (χ1) is 6.68. The largest absolute Gasteiger partial charge is 0.465 e. The van der Waals surface area contributed by atoms with Crippen molar-refractivity contribution in [2.24, 2.45) is 0 Å². The number of hydrogen-bond acceptors (Lipinski definition) is 2. The molecule has 2 rings (SSSR count). The Kier molecular flexibility index (Phi) is 2.45. The maximum atomic E-state index is 10.9. The van der Waals surface area contributed by atoms with Crippen LogP contribution >= 0.6 is 15.9 Å². The van der Waals surface area contributed by atoms with Gasteiger partial charge in [-0.15, -0.1) is 0 Å². The van der Waals surface area contributed by atoms with Crippen LogP contribution in [0.25, 0.3) is 0 Å². The van der Waals surface area contributed by atoms with Crippen LogP contribution in [0.2, 0.25) is 0 Å². The van der Waals surface area contributed by atoms with Gasteiger partial charge in [0, 0.05) is 6.54 Å². The van der Waals surface area contributed by atoms with Crippen LogP contribution in [0.4, 0.5) is 4.79 Å². The summed E-state index contributed by atoms with van der Waals surface area (Å²) in [5, 5.41) is 8.92. The number of hydrogen-bond donors (Lipinski definition) is 2. The van der Waals surface area contributed by atoms with E-state index in [1.807, 2.05) is 0 Å². The molecule has 0 aromatic carbocycles. The van der Waals surface area contributed by atoms with Gasteiger partial charge in [0.2, 0.25) is 0 Å². The zero-order valence-corrected chi connectivity index (χ0v) is 8.99. The van der Waals surface area contributed by atoms with Crippen LogP contribution in [0.1, 0.15) is 24.7 Å². The summed E-state index contributed by atoms with van der Waals surface area (Å²) in [5.41, 5.74) is 0. The van der Waals surface area contributed by atoms with Crippen molar-refractivity contribution in [3.8, 4) is 0 Å². The summed E-state index contributed by atoms with van der Waals surface area (Å²) in [5.74, 6) is 0.719. The first-order valence-corrected chi connectivity index (χ1v) is 5.18. The van der Waals surface area contributed by atoms with Gasteiger partial charge in [-0.2, -0.15) is 0 Å². The Morgan fingerprint density at radius 1 is 1.79 bits per heavy atom. The second-order valence-electron chi connectivity index (χ2n) is 3.25. The molecule has 1 atom stereocenters. The van der Waals surface area contributed by atoms with Crippen LogP contribution < -0.4 is 0 Å². The van der Waals surface area contributed by atoms with Crippen molar-refractivity contribution in [2.75, 3.05) is 6.54 Å². The second-order valence-corrected chi connectivity index (χ2v) is 4.10. The Bertz CT molecular complexity index is 352. The number of carbonyl (C=O) groups is 1. The standard InChI is InChI=1S/C8H10BrN3O2/c9-6-4-10-7(11-6)5-2-1-3-12(5)8(13)14/h4-5H,1-3H2,(H,10,11)(H,13,14)/t5-/m0/s1. The third kappa shape index (κ3) is 1.61. The average Bonchev–Trinajstić information content (AvgIpc) is 2.70. The van der Waals surface area contributed by atoms with Gasteiger partial charge in [-0.25, -0.2) is 9.78 Å². The van der Waals surface area contributed by atoms with Crippen molar-refractivity contribution in [1.29, 1.82) is 0 Å². The highest BCUT2D eigenvalue weighted by Gasteiger charge is 2.31. The molecular formula is C8H10BrN3O2. The lowest BCUT2D eigenvalue weighted by atomic mass is 10.2.